The summed E-state index contributed by atoms with van der Waals surface area (Å²) in [4.78, 5) is 24.5. The smallest absolute Gasteiger partial charge is 0.279 e. The lowest BCUT2D eigenvalue weighted by molar-refractivity contribution is -0.133. The van der Waals surface area contributed by atoms with Crippen molar-refractivity contribution in [1.82, 2.24) is 10.9 Å². The molecule has 31 heavy (non-hydrogen) atoms. The van der Waals surface area contributed by atoms with Crippen molar-refractivity contribution in [3.05, 3.63) is 59.7 Å². The second-order valence-electron chi connectivity index (χ2n) is 7.78. The van der Waals surface area contributed by atoms with Gasteiger partial charge in [0.2, 0.25) is 0 Å². The molecule has 6 nitrogen and oxygen atoms in total. The zero-order valence-electron chi connectivity index (χ0n) is 19.1. The maximum Gasteiger partial charge on any atom is 0.279 e. The minimum Gasteiger partial charge on any atom is -0.483 e. The van der Waals surface area contributed by atoms with E-state index in [1.165, 1.54) is 0 Å². The highest BCUT2D eigenvalue weighted by molar-refractivity contribution is 5.85. The van der Waals surface area contributed by atoms with Gasteiger partial charge in [-0.3, -0.25) is 20.4 Å². The van der Waals surface area contributed by atoms with Crippen molar-refractivity contribution >= 4 is 11.8 Å². The Morgan fingerprint density at radius 3 is 1.90 bits per heavy atom. The number of nitrogens with one attached hydrogen (secondary N) is 2. The molecule has 2 N–H and O–H groups in total. The number of carbonyl (C=O) groups excluding carboxylic acids is 2. The van der Waals surface area contributed by atoms with Gasteiger partial charge in [-0.25, -0.2) is 0 Å². The molecule has 2 aromatic carbocycles. The van der Waals surface area contributed by atoms with Gasteiger partial charge in [-0.1, -0.05) is 64.1 Å². The molecule has 3 unspecified atom stereocenters. The van der Waals surface area contributed by atoms with E-state index in [1.807, 2.05) is 48.5 Å². The van der Waals surface area contributed by atoms with Gasteiger partial charge < -0.3 is 9.47 Å². The van der Waals surface area contributed by atoms with Crippen LogP contribution in [0.4, 0.5) is 0 Å². The van der Waals surface area contributed by atoms with Crippen LogP contribution in [0, 0.1) is 0 Å². The van der Waals surface area contributed by atoms with E-state index >= 15 is 0 Å². The number of hydrogen-bond donors (Lipinski definition) is 2. The first kappa shape index (κ1) is 24.3. The van der Waals surface area contributed by atoms with Crippen molar-refractivity contribution in [2.75, 3.05) is 6.61 Å². The molecule has 0 saturated heterocycles. The van der Waals surface area contributed by atoms with Gasteiger partial charge in [0.05, 0.1) is 0 Å². The van der Waals surface area contributed by atoms with E-state index in [0.29, 0.717) is 23.3 Å². The molecule has 3 atom stereocenters. The highest BCUT2D eigenvalue weighted by Gasteiger charge is 2.19. The Morgan fingerprint density at radius 1 is 0.806 bits per heavy atom. The van der Waals surface area contributed by atoms with Crippen LogP contribution in [0.25, 0.3) is 0 Å². The van der Waals surface area contributed by atoms with Crippen molar-refractivity contribution in [2.45, 2.75) is 65.4 Å². The normalized spacial score (nSPS) is 13.6. The number of benzene rings is 2. The summed E-state index contributed by atoms with van der Waals surface area (Å²) in [5.74, 6) is 1.12. The Bertz CT molecular complexity index is 868. The van der Waals surface area contributed by atoms with Crippen LogP contribution in [-0.2, 0) is 9.59 Å². The van der Waals surface area contributed by atoms with E-state index in [-0.39, 0.29) is 6.61 Å². The maximum absolute atomic E-state index is 12.4. The van der Waals surface area contributed by atoms with Crippen molar-refractivity contribution in [3.8, 4) is 11.5 Å². The number of carbonyl (C=O) groups is 2. The molecule has 0 spiro atoms. The summed E-state index contributed by atoms with van der Waals surface area (Å²) in [6, 6.07) is 15.4. The molecule has 0 radical (unpaired) electrons. The zero-order valence-corrected chi connectivity index (χ0v) is 19.1. The van der Waals surface area contributed by atoms with E-state index < -0.39 is 17.9 Å². The molecule has 0 aliphatic heterocycles. The summed E-state index contributed by atoms with van der Waals surface area (Å²) in [6.45, 7) is 9.90. The fourth-order valence-corrected chi connectivity index (χ4v) is 3.11. The molecule has 0 bridgehead atoms. The van der Waals surface area contributed by atoms with E-state index in [4.69, 9.17) is 9.47 Å². The molecule has 2 amide bonds. The second-order valence-corrected chi connectivity index (χ2v) is 7.78. The number of rotatable bonds is 10. The summed E-state index contributed by atoms with van der Waals surface area (Å²) >= 11 is 0. The number of ether oxygens (including phenoxy) is 2. The van der Waals surface area contributed by atoms with Crippen LogP contribution in [0.3, 0.4) is 0 Å². The maximum atomic E-state index is 12.4. The SMILES string of the molecule is CCC(C)c1ccccc1OCC(=O)NNC(=O)C(C)Oc1ccccc1C(C)CC. The second kappa shape index (κ2) is 12.0. The standard InChI is InChI=1S/C25H34N2O4/c1-6-17(3)20-12-8-10-14-22(20)30-16-24(28)26-27-25(29)19(5)31-23-15-11-9-13-21(23)18(4)7-2/h8-15,17-19H,6-7,16H2,1-5H3,(H,26,28)(H,27,29). The fraction of sp³-hybridized carbons (Fsp3) is 0.440. The first-order valence-corrected chi connectivity index (χ1v) is 10.9. The first-order chi connectivity index (χ1) is 14.9. The molecule has 0 fully saturated rings. The van der Waals surface area contributed by atoms with Crippen LogP contribution in [0.5, 0.6) is 11.5 Å². The molecule has 0 saturated carbocycles. The zero-order chi connectivity index (χ0) is 22.8. The number of para-hydroxylation sites is 2. The lowest BCUT2D eigenvalue weighted by Gasteiger charge is -2.20. The summed E-state index contributed by atoms with van der Waals surface area (Å²) < 4.78 is 11.5. The lowest BCUT2D eigenvalue weighted by Crippen LogP contribution is -2.48. The summed E-state index contributed by atoms with van der Waals surface area (Å²) in [6.07, 6.45) is 1.18. The summed E-state index contributed by atoms with van der Waals surface area (Å²) in [5, 5.41) is 0. The van der Waals surface area contributed by atoms with Gasteiger partial charge in [0.15, 0.2) is 12.7 Å². The van der Waals surface area contributed by atoms with Crippen LogP contribution in [-0.4, -0.2) is 24.5 Å². The third kappa shape index (κ3) is 7.02. The van der Waals surface area contributed by atoms with Gasteiger partial charge >= 0.3 is 0 Å². The topological polar surface area (TPSA) is 76.7 Å². The van der Waals surface area contributed by atoms with Crippen LogP contribution >= 0.6 is 0 Å². The third-order valence-electron chi connectivity index (χ3n) is 5.48. The fourth-order valence-electron chi connectivity index (χ4n) is 3.11. The van der Waals surface area contributed by atoms with Gasteiger partial charge in [0, 0.05) is 0 Å². The Kier molecular flexibility index (Phi) is 9.38. The van der Waals surface area contributed by atoms with Crippen LogP contribution < -0.4 is 20.3 Å². The molecule has 0 heterocycles. The minimum atomic E-state index is -0.766. The highest BCUT2D eigenvalue weighted by Crippen LogP contribution is 2.29. The van der Waals surface area contributed by atoms with Crippen molar-refractivity contribution < 1.29 is 19.1 Å². The average molecular weight is 427 g/mol. The van der Waals surface area contributed by atoms with E-state index in [2.05, 4.69) is 38.5 Å². The molecule has 0 aliphatic carbocycles. The first-order valence-electron chi connectivity index (χ1n) is 10.9. The molecular formula is C25H34N2O4. The summed E-state index contributed by atoms with van der Waals surface area (Å²) in [5.41, 5.74) is 6.91. The van der Waals surface area contributed by atoms with Gasteiger partial charge in [-0.15, -0.1) is 0 Å². The number of hydrazine groups is 1. The van der Waals surface area contributed by atoms with E-state index in [0.717, 1.165) is 24.0 Å². The average Bonchev–Trinajstić information content (AvgIpc) is 2.80. The third-order valence-corrected chi connectivity index (χ3v) is 5.48. The Hall–Kier alpha value is -3.02. The summed E-state index contributed by atoms with van der Waals surface area (Å²) in [7, 11) is 0. The van der Waals surface area contributed by atoms with E-state index in [9.17, 15) is 9.59 Å². The van der Waals surface area contributed by atoms with Gasteiger partial charge in [-0.2, -0.15) is 0 Å². The molecule has 0 aromatic heterocycles. The highest BCUT2D eigenvalue weighted by atomic mass is 16.5. The van der Waals surface area contributed by atoms with E-state index in [1.54, 1.807) is 6.92 Å². The largest absolute Gasteiger partial charge is 0.483 e. The van der Waals surface area contributed by atoms with Crippen LogP contribution in [0.1, 0.15) is 70.4 Å². The van der Waals surface area contributed by atoms with Crippen LogP contribution in [0.15, 0.2) is 48.5 Å². The van der Waals surface area contributed by atoms with Crippen molar-refractivity contribution in [3.63, 3.8) is 0 Å². The minimum absolute atomic E-state index is 0.195. The molecular weight excluding hydrogens is 392 g/mol. The van der Waals surface area contributed by atoms with Crippen molar-refractivity contribution in [1.29, 1.82) is 0 Å². The predicted octanol–water partition coefficient (Wildman–Crippen LogP) is 4.71. The Morgan fingerprint density at radius 2 is 1.32 bits per heavy atom. The van der Waals surface area contributed by atoms with Gasteiger partial charge in [0.25, 0.3) is 11.8 Å². The quantitative estimate of drug-likeness (QED) is 0.540. The Labute approximate surface area is 185 Å². The van der Waals surface area contributed by atoms with Gasteiger partial charge in [-0.05, 0) is 54.9 Å². The van der Waals surface area contributed by atoms with Gasteiger partial charge in [0.1, 0.15) is 11.5 Å². The molecule has 2 rings (SSSR count). The molecule has 168 valence electrons. The number of amides is 2. The number of hydrogen-bond acceptors (Lipinski definition) is 4. The van der Waals surface area contributed by atoms with Crippen LogP contribution in [0.2, 0.25) is 0 Å². The molecule has 6 heteroatoms. The Balaban J connectivity index is 1.86. The monoisotopic (exact) mass is 426 g/mol. The molecule has 0 aliphatic rings. The van der Waals surface area contributed by atoms with Crippen molar-refractivity contribution in [2.24, 2.45) is 0 Å². The predicted molar refractivity (Wildman–Crippen MR) is 122 cm³/mol. The molecule has 2 aromatic rings. The lowest BCUT2D eigenvalue weighted by atomic mass is 9.98.